The number of hydrogen-bond acceptors (Lipinski definition) is 6. The minimum Gasteiger partial charge on any atom is -0.495 e. The number of anilines is 4. The second-order valence-electron chi connectivity index (χ2n) is 6.02. The molecule has 0 radical (unpaired) electrons. The van der Waals surface area contributed by atoms with Gasteiger partial charge in [0.25, 0.3) is 0 Å². The first-order chi connectivity index (χ1) is 13.0. The highest BCUT2D eigenvalue weighted by atomic mass is 35.5. The molecule has 0 unspecified atom stereocenters. The third-order valence-corrected chi connectivity index (χ3v) is 4.41. The Kier molecular flexibility index (Phi) is 5.66. The maximum Gasteiger partial charge on any atom is 0.229 e. The lowest BCUT2D eigenvalue weighted by Crippen LogP contribution is -2.03. The third kappa shape index (κ3) is 4.41. The molecule has 6 nitrogen and oxygen atoms in total. The number of benzene rings is 2. The van der Waals surface area contributed by atoms with E-state index in [0.29, 0.717) is 22.5 Å². The van der Waals surface area contributed by atoms with E-state index < -0.39 is 0 Å². The fraction of sp³-hybridized carbons (Fsp3) is 0.200. The summed E-state index contributed by atoms with van der Waals surface area (Å²) >= 11 is 6.16. The first-order valence-corrected chi connectivity index (χ1v) is 8.74. The standard InChI is InChI=1S/C20H21ClN4O2/c1-12-5-6-17(26-3)15(9-12)23-19-7-8-22-20(25-19)24-16-10-13(2)14(21)11-18(16)27-4/h5-11H,1-4H3,(H2,22,23,24,25). The molecule has 0 spiro atoms. The van der Waals surface area contributed by atoms with Crippen LogP contribution in [0.15, 0.2) is 42.6 Å². The molecule has 2 aromatic carbocycles. The molecule has 3 aromatic rings. The molecule has 0 fully saturated rings. The second kappa shape index (κ2) is 8.14. The highest BCUT2D eigenvalue weighted by Gasteiger charge is 2.10. The molecule has 0 bridgehead atoms. The Labute approximate surface area is 163 Å². The molecule has 0 aliphatic rings. The summed E-state index contributed by atoms with van der Waals surface area (Å²) < 4.78 is 10.8. The van der Waals surface area contributed by atoms with Gasteiger partial charge in [-0.2, -0.15) is 4.98 Å². The van der Waals surface area contributed by atoms with Gasteiger partial charge in [-0.1, -0.05) is 17.7 Å². The Bertz CT molecular complexity index is 963. The van der Waals surface area contributed by atoms with Crippen LogP contribution in [-0.2, 0) is 0 Å². The van der Waals surface area contributed by atoms with Gasteiger partial charge in [-0.25, -0.2) is 4.98 Å². The average Bonchev–Trinajstić information content (AvgIpc) is 2.65. The van der Waals surface area contributed by atoms with E-state index in [9.17, 15) is 0 Å². The predicted octanol–water partition coefficient (Wildman–Crippen LogP) is 5.25. The quantitative estimate of drug-likeness (QED) is 0.604. The van der Waals surface area contributed by atoms with Crippen LogP contribution >= 0.6 is 11.6 Å². The molecule has 0 amide bonds. The maximum atomic E-state index is 6.16. The van der Waals surface area contributed by atoms with Crippen molar-refractivity contribution in [3.8, 4) is 11.5 Å². The van der Waals surface area contributed by atoms with Gasteiger partial charge in [0.1, 0.15) is 17.3 Å². The van der Waals surface area contributed by atoms with Gasteiger partial charge in [0, 0.05) is 17.3 Å². The summed E-state index contributed by atoms with van der Waals surface area (Å²) in [7, 11) is 3.23. The van der Waals surface area contributed by atoms with E-state index in [1.165, 1.54) is 0 Å². The Hall–Kier alpha value is -2.99. The topological polar surface area (TPSA) is 68.3 Å². The van der Waals surface area contributed by atoms with Crippen LogP contribution in [0, 0.1) is 13.8 Å². The highest BCUT2D eigenvalue weighted by molar-refractivity contribution is 6.31. The van der Waals surface area contributed by atoms with Crippen molar-refractivity contribution in [3.05, 3.63) is 58.7 Å². The van der Waals surface area contributed by atoms with Gasteiger partial charge in [-0.05, 0) is 49.2 Å². The van der Waals surface area contributed by atoms with E-state index in [4.69, 9.17) is 21.1 Å². The molecule has 0 atom stereocenters. The van der Waals surface area contributed by atoms with Crippen LogP contribution in [0.1, 0.15) is 11.1 Å². The molecular weight excluding hydrogens is 364 g/mol. The number of aryl methyl sites for hydroxylation is 2. The SMILES string of the molecule is COc1ccc(C)cc1Nc1ccnc(Nc2cc(C)c(Cl)cc2OC)n1. The lowest BCUT2D eigenvalue weighted by molar-refractivity contribution is 0.416. The van der Waals surface area contributed by atoms with E-state index in [0.717, 1.165) is 28.3 Å². The smallest absolute Gasteiger partial charge is 0.229 e. The normalized spacial score (nSPS) is 10.4. The van der Waals surface area contributed by atoms with Gasteiger partial charge in [0.05, 0.1) is 25.6 Å². The van der Waals surface area contributed by atoms with Crippen molar-refractivity contribution in [3.63, 3.8) is 0 Å². The number of aromatic nitrogens is 2. The molecule has 140 valence electrons. The highest BCUT2D eigenvalue weighted by Crippen LogP contribution is 2.33. The minimum absolute atomic E-state index is 0.437. The van der Waals surface area contributed by atoms with Crippen LogP contribution in [0.3, 0.4) is 0 Å². The number of ether oxygens (including phenoxy) is 2. The number of hydrogen-bond donors (Lipinski definition) is 2. The fourth-order valence-corrected chi connectivity index (χ4v) is 2.75. The van der Waals surface area contributed by atoms with Gasteiger partial charge < -0.3 is 20.1 Å². The van der Waals surface area contributed by atoms with Crippen molar-refractivity contribution in [2.75, 3.05) is 24.9 Å². The summed E-state index contributed by atoms with van der Waals surface area (Å²) in [6.07, 6.45) is 1.68. The fourth-order valence-electron chi connectivity index (χ4n) is 2.60. The van der Waals surface area contributed by atoms with Crippen molar-refractivity contribution in [1.82, 2.24) is 9.97 Å². The summed E-state index contributed by atoms with van der Waals surface area (Å²) in [5.74, 6) is 2.43. The average molecular weight is 385 g/mol. The van der Waals surface area contributed by atoms with Crippen LogP contribution in [0.25, 0.3) is 0 Å². The van der Waals surface area contributed by atoms with E-state index >= 15 is 0 Å². The molecule has 7 heteroatoms. The first kappa shape index (κ1) is 18.8. The van der Waals surface area contributed by atoms with Gasteiger partial charge in [-0.15, -0.1) is 0 Å². The maximum absolute atomic E-state index is 6.16. The molecule has 0 saturated heterocycles. The number of nitrogens with one attached hydrogen (secondary N) is 2. The van der Waals surface area contributed by atoms with E-state index in [2.05, 4.69) is 20.6 Å². The van der Waals surface area contributed by atoms with E-state index in [-0.39, 0.29) is 0 Å². The second-order valence-corrected chi connectivity index (χ2v) is 6.43. The summed E-state index contributed by atoms with van der Waals surface area (Å²) in [4.78, 5) is 8.80. The molecule has 3 rings (SSSR count). The lowest BCUT2D eigenvalue weighted by atomic mass is 10.2. The lowest BCUT2D eigenvalue weighted by Gasteiger charge is -2.14. The Morgan fingerprint density at radius 3 is 2.37 bits per heavy atom. The van der Waals surface area contributed by atoms with Gasteiger partial charge in [0.15, 0.2) is 0 Å². The number of rotatable bonds is 6. The van der Waals surface area contributed by atoms with E-state index in [1.54, 1.807) is 32.5 Å². The monoisotopic (exact) mass is 384 g/mol. The molecular formula is C20H21ClN4O2. The minimum atomic E-state index is 0.437. The number of halogens is 1. The zero-order valence-electron chi connectivity index (χ0n) is 15.6. The summed E-state index contributed by atoms with van der Waals surface area (Å²) in [5.41, 5.74) is 3.62. The summed E-state index contributed by atoms with van der Waals surface area (Å²) in [6, 6.07) is 11.4. The van der Waals surface area contributed by atoms with E-state index in [1.807, 2.05) is 38.1 Å². The molecule has 1 heterocycles. The number of methoxy groups -OCH3 is 2. The van der Waals surface area contributed by atoms with Crippen LogP contribution in [0.5, 0.6) is 11.5 Å². The van der Waals surface area contributed by atoms with Crippen LogP contribution in [0.4, 0.5) is 23.1 Å². The predicted molar refractivity (Wildman–Crippen MR) is 109 cm³/mol. The van der Waals surface area contributed by atoms with Gasteiger partial charge in [0.2, 0.25) is 5.95 Å². The Morgan fingerprint density at radius 2 is 1.63 bits per heavy atom. The molecule has 0 aliphatic carbocycles. The Balaban J connectivity index is 1.87. The molecule has 0 aliphatic heterocycles. The van der Waals surface area contributed by atoms with Crippen LogP contribution in [0.2, 0.25) is 5.02 Å². The largest absolute Gasteiger partial charge is 0.495 e. The van der Waals surface area contributed by atoms with Crippen molar-refractivity contribution < 1.29 is 9.47 Å². The van der Waals surface area contributed by atoms with Crippen molar-refractivity contribution in [1.29, 1.82) is 0 Å². The zero-order chi connectivity index (χ0) is 19.4. The van der Waals surface area contributed by atoms with Gasteiger partial charge in [-0.3, -0.25) is 0 Å². The molecule has 2 N–H and O–H groups in total. The van der Waals surface area contributed by atoms with Crippen molar-refractivity contribution >= 4 is 34.7 Å². The third-order valence-electron chi connectivity index (χ3n) is 4.00. The van der Waals surface area contributed by atoms with Gasteiger partial charge >= 0.3 is 0 Å². The summed E-state index contributed by atoms with van der Waals surface area (Å²) in [6.45, 7) is 3.95. The molecule has 0 saturated carbocycles. The van der Waals surface area contributed by atoms with Crippen LogP contribution in [-0.4, -0.2) is 24.2 Å². The Morgan fingerprint density at radius 1 is 0.889 bits per heavy atom. The molecule has 27 heavy (non-hydrogen) atoms. The van der Waals surface area contributed by atoms with Crippen LogP contribution < -0.4 is 20.1 Å². The number of nitrogens with zero attached hydrogens (tertiary/aromatic N) is 2. The zero-order valence-corrected chi connectivity index (χ0v) is 16.4. The summed E-state index contributed by atoms with van der Waals surface area (Å²) in [5, 5.41) is 7.09. The van der Waals surface area contributed by atoms with Crippen molar-refractivity contribution in [2.45, 2.75) is 13.8 Å². The van der Waals surface area contributed by atoms with Crippen molar-refractivity contribution in [2.24, 2.45) is 0 Å². The first-order valence-electron chi connectivity index (χ1n) is 8.36. The molecule has 1 aromatic heterocycles.